The molecule has 0 fully saturated rings. The van der Waals surface area contributed by atoms with E-state index >= 15 is 0 Å². The van der Waals surface area contributed by atoms with Crippen LogP contribution in [-0.2, 0) is 16.6 Å². The molecule has 0 aromatic carbocycles. The Labute approximate surface area is 105 Å². The molecular formula is C11H13N3O3S. The maximum Gasteiger partial charge on any atom is 0.242 e. The molecule has 0 spiro atoms. The molecule has 18 heavy (non-hydrogen) atoms. The number of nitrogens with one attached hydrogen (secondary N) is 2. The highest BCUT2D eigenvalue weighted by atomic mass is 32.2. The van der Waals surface area contributed by atoms with E-state index in [2.05, 4.69) is 15.0 Å². The Morgan fingerprint density at radius 3 is 2.72 bits per heavy atom. The molecule has 0 saturated heterocycles. The first kappa shape index (κ1) is 12.6. The van der Waals surface area contributed by atoms with E-state index in [1.807, 2.05) is 0 Å². The fraction of sp³-hybridized carbons (Fsp3) is 0.182. The van der Waals surface area contributed by atoms with Crippen LogP contribution in [0, 0.1) is 0 Å². The molecule has 0 saturated carbocycles. The summed E-state index contributed by atoms with van der Waals surface area (Å²) in [4.78, 5) is 4.07. The van der Waals surface area contributed by atoms with E-state index in [4.69, 9.17) is 4.42 Å². The summed E-state index contributed by atoms with van der Waals surface area (Å²) in [6.45, 7) is 0.114. The zero-order valence-electron chi connectivity index (χ0n) is 9.75. The van der Waals surface area contributed by atoms with Gasteiger partial charge in [0, 0.05) is 13.2 Å². The predicted octanol–water partition coefficient (Wildman–Crippen LogP) is 1.19. The Hall–Kier alpha value is -1.86. The van der Waals surface area contributed by atoms with Crippen LogP contribution in [0.3, 0.4) is 0 Å². The van der Waals surface area contributed by atoms with Crippen molar-refractivity contribution >= 4 is 15.8 Å². The smallest absolute Gasteiger partial charge is 0.242 e. The van der Waals surface area contributed by atoms with E-state index in [1.165, 1.54) is 18.5 Å². The molecule has 6 nitrogen and oxygen atoms in total. The second-order valence-corrected chi connectivity index (χ2v) is 5.30. The van der Waals surface area contributed by atoms with Crippen molar-refractivity contribution in [2.45, 2.75) is 11.4 Å². The first-order valence-electron chi connectivity index (χ1n) is 5.28. The summed E-state index contributed by atoms with van der Waals surface area (Å²) in [7, 11) is -1.85. The summed E-state index contributed by atoms with van der Waals surface area (Å²) in [6.07, 6.45) is 2.79. The van der Waals surface area contributed by atoms with Crippen LogP contribution in [0.1, 0.15) is 5.76 Å². The zero-order chi connectivity index (χ0) is 13.0. The lowest BCUT2D eigenvalue weighted by atomic mass is 10.5. The van der Waals surface area contributed by atoms with Crippen LogP contribution in [0.25, 0.3) is 0 Å². The minimum atomic E-state index is -3.56. The first-order valence-corrected chi connectivity index (χ1v) is 6.76. The number of hydrogen-bond acceptors (Lipinski definition) is 5. The third-order valence-corrected chi connectivity index (χ3v) is 3.71. The number of pyridine rings is 1. The van der Waals surface area contributed by atoms with Crippen LogP contribution < -0.4 is 10.0 Å². The average molecular weight is 267 g/mol. The van der Waals surface area contributed by atoms with Crippen molar-refractivity contribution in [3.05, 3.63) is 42.5 Å². The molecule has 96 valence electrons. The highest BCUT2D eigenvalue weighted by Crippen LogP contribution is 2.11. The molecule has 2 aromatic heterocycles. The van der Waals surface area contributed by atoms with Crippen molar-refractivity contribution in [3.63, 3.8) is 0 Å². The van der Waals surface area contributed by atoms with Crippen LogP contribution in [0.2, 0.25) is 0 Å². The monoisotopic (exact) mass is 267 g/mol. The third kappa shape index (κ3) is 2.88. The maximum atomic E-state index is 11.9. The fourth-order valence-electron chi connectivity index (χ4n) is 1.35. The molecule has 2 heterocycles. The third-order valence-electron chi connectivity index (χ3n) is 2.32. The van der Waals surface area contributed by atoms with Crippen molar-refractivity contribution in [1.29, 1.82) is 0 Å². The highest BCUT2D eigenvalue weighted by Gasteiger charge is 2.14. The van der Waals surface area contributed by atoms with Crippen LogP contribution >= 0.6 is 0 Å². The lowest BCUT2D eigenvalue weighted by molar-refractivity contribution is 0.498. The predicted molar refractivity (Wildman–Crippen MR) is 66.5 cm³/mol. The van der Waals surface area contributed by atoms with Crippen LogP contribution in [0.5, 0.6) is 0 Å². The van der Waals surface area contributed by atoms with Gasteiger partial charge in [0.1, 0.15) is 16.5 Å². The Morgan fingerprint density at radius 1 is 1.33 bits per heavy atom. The Morgan fingerprint density at radius 2 is 2.17 bits per heavy atom. The number of anilines is 1. The van der Waals surface area contributed by atoms with Gasteiger partial charge in [-0.25, -0.2) is 18.1 Å². The minimum absolute atomic E-state index is 0.114. The summed E-state index contributed by atoms with van der Waals surface area (Å²) >= 11 is 0. The van der Waals surface area contributed by atoms with Crippen molar-refractivity contribution in [1.82, 2.24) is 9.71 Å². The van der Waals surface area contributed by atoms with Gasteiger partial charge < -0.3 is 9.73 Å². The molecule has 2 N–H and O–H groups in total. The topological polar surface area (TPSA) is 84.2 Å². The number of aromatic nitrogens is 1. The van der Waals surface area contributed by atoms with Gasteiger partial charge in [-0.3, -0.25) is 0 Å². The summed E-state index contributed by atoms with van der Waals surface area (Å²) < 4.78 is 31.3. The normalized spacial score (nSPS) is 11.4. The second kappa shape index (κ2) is 5.19. The number of nitrogens with zero attached hydrogens (tertiary/aromatic N) is 1. The standard InChI is InChI=1S/C11H13N3O3S/c1-12-11-5-4-10(8-13-11)18(15,16)14-7-9-3-2-6-17-9/h2-6,8,14H,7H2,1H3,(H,12,13). The van der Waals surface area contributed by atoms with E-state index in [-0.39, 0.29) is 11.4 Å². The lowest BCUT2D eigenvalue weighted by Gasteiger charge is -2.05. The molecule has 0 unspecified atom stereocenters. The van der Waals surface area contributed by atoms with Crippen LogP contribution in [0.15, 0.2) is 46.0 Å². The van der Waals surface area contributed by atoms with Crippen LogP contribution in [-0.4, -0.2) is 20.4 Å². The molecule has 0 atom stereocenters. The molecule has 0 aliphatic rings. The first-order chi connectivity index (χ1) is 8.62. The van der Waals surface area contributed by atoms with Gasteiger partial charge in [-0.05, 0) is 24.3 Å². The molecular weight excluding hydrogens is 254 g/mol. The van der Waals surface area contributed by atoms with Crippen molar-refractivity contribution < 1.29 is 12.8 Å². The summed E-state index contributed by atoms with van der Waals surface area (Å²) in [5, 5.41) is 2.82. The molecule has 0 aliphatic heterocycles. The average Bonchev–Trinajstić information content (AvgIpc) is 2.90. The van der Waals surface area contributed by atoms with E-state index in [0.717, 1.165) is 0 Å². The number of furan rings is 1. The number of sulfonamides is 1. The Bertz CT molecular complexity index is 591. The van der Waals surface area contributed by atoms with E-state index in [0.29, 0.717) is 11.6 Å². The minimum Gasteiger partial charge on any atom is -0.468 e. The van der Waals surface area contributed by atoms with E-state index < -0.39 is 10.0 Å². The molecule has 0 aliphatic carbocycles. The molecule has 2 rings (SSSR count). The molecule has 0 amide bonds. The lowest BCUT2D eigenvalue weighted by Crippen LogP contribution is -2.23. The van der Waals surface area contributed by atoms with Gasteiger partial charge >= 0.3 is 0 Å². The second-order valence-electron chi connectivity index (χ2n) is 3.53. The van der Waals surface area contributed by atoms with Gasteiger partial charge in [0.15, 0.2) is 0 Å². The number of hydrogen-bond donors (Lipinski definition) is 2. The summed E-state index contributed by atoms with van der Waals surface area (Å²) in [5.41, 5.74) is 0. The quantitative estimate of drug-likeness (QED) is 0.850. The van der Waals surface area contributed by atoms with Gasteiger partial charge in [0.2, 0.25) is 10.0 Å². The fourth-order valence-corrected chi connectivity index (χ4v) is 2.29. The van der Waals surface area contributed by atoms with Crippen LogP contribution in [0.4, 0.5) is 5.82 Å². The molecule has 0 radical (unpaired) electrons. The van der Waals surface area contributed by atoms with Gasteiger partial charge in [-0.2, -0.15) is 0 Å². The van der Waals surface area contributed by atoms with Crippen molar-refractivity contribution in [2.24, 2.45) is 0 Å². The summed E-state index contributed by atoms with van der Waals surface area (Å²) in [6, 6.07) is 6.49. The van der Waals surface area contributed by atoms with Gasteiger partial charge in [0.25, 0.3) is 0 Å². The van der Waals surface area contributed by atoms with Crippen molar-refractivity contribution in [2.75, 3.05) is 12.4 Å². The highest BCUT2D eigenvalue weighted by molar-refractivity contribution is 7.89. The number of rotatable bonds is 5. The molecule has 2 aromatic rings. The van der Waals surface area contributed by atoms with Crippen molar-refractivity contribution in [3.8, 4) is 0 Å². The van der Waals surface area contributed by atoms with Gasteiger partial charge in [-0.1, -0.05) is 0 Å². The molecule has 0 bridgehead atoms. The van der Waals surface area contributed by atoms with Gasteiger partial charge in [0.05, 0.1) is 12.8 Å². The van der Waals surface area contributed by atoms with E-state index in [1.54, 1.807) is 25.2 Å². The largest absolute Gasteiger partial charge is 0.468 e. The van der Waals surface area contributed by atoms with Gasteiger partial charge in [-0.15, -0.1) is 0 Å². The zero-order valence-corrected chi connectivity index (χ0v) is 10.6. The SMILES string of the molecule is CNc1ccc(S(=O)(=O)NCc2ccco2)cn1. The summed E-state index contributed by atoms with van der Waals surface area (Å²) in [5.74, 6) is 1.17. The maximum absolute atomic E-state index is 11.9. The molecule has 7 heteroatoms. The van der Waals surface area contributed by atoms with E-state index in [9.17, 15) is 8.42 Å². The Kier molecular flexibility index (Phi) is 3.63. The Balaban J connectivity index is 2.09.